The third-order valence-corrected chi connectivity index (χ3v) is 3.77. The fourth-order valence-corrected chi connectivity index (χ4v) is 2.71. The van der Waals surface area contributed by atoms with Gasteiger partial charge in [-0.05, 0) is 43.2 Å². The molecule has 0 bridgehead atoms. The second-order valence-corrected chi connectivity index (χ2v) is 6.76. The molecule has 0 saturated carbocycles. The van der Waals surface area contributed by atoms with E-state index in [-0.39, 0.29) is 17.8 Å². The van der Waals surface area contributed by atoms with Gasteiger partial charge < -0.3 is 5.11 Å². The van der Waals surface area contributed by atoms with Gasteiger partial charge in [0.25, 0.3) is 0 Å². The highest BCUT2D eigenvalue weighted by Crippen LogP contribution is 2.31. The molecule has 6 heteroatoms. The number of carboxylic acids is 1. The minimum Gasteiger partial charge on any atom is -0.481 e. The summed E-state index contributed by atoms with van der Waals surface area (Å²) in [5, 5.41) is 13.2. The maximum Gasteiger partial charge on any atom is 0.303 e. The maximum atomic E-state index is 10.9. The zero-order valence-corrected chi connectivity index (χ0v) is 13.2. The quantitative estimate of drug-likeness (QED) is 0.885. The van der Waals surface area contributed by atoms with Gasteiger partial charge in [-0.15, -0.1) is 0 Å². The molecule has 0 fully saturated rings. The minimum absolute atomic E-state index is 0.0306. The Balaban J connectivity index is 2.86. The van der Waals surface area contributed by atoms with E-state index in [1.807, 2.05) is 26.8 Å². The largest absolute Gasteiger partial charge is 0.481 e. The van der Waals surface area contributed by atoms with Crippen molar-refractivity contribution >= 4 is 37.8 Å². The Morgan fingerprint density at radius 1 is 1.53 bits per heavy atom. The van der Waals surface area contributed by atoms with E-state index in [0.29, 0.717) is 6.54 Å². The first-order chi connectivity index (χ1) is 7.70. The third kappa shape index (κ3) is 4.43. The molecule has 1 aromatic rings. The molecule has 96 valence electrons. The third-order valence-electron chi connectivity index (χ3n) is 2.74. The van der Waals surface area contributed by atoms with Crippen LogP contribution in [0.2, 0.25) is 0 Å². The van der Waals surface area contributed by atoms with Crippen molar-refractivity contribution < 1.29 is 9.90 Å². The predicted molar refractivity (Wildman–Crippen MR) is 72.8 cm³/mol. The van der Waals surface area contributed by atoms with Crippen LogP contribution in [0.1, 0.15) is 27.2 Å². The van der Waals surface area contributed by atoms with Crippen molar-refractivity contribution in [1.29, 1.82) is 0 Å². The molecule has 0 aromatic carbocycles. The van der Waals surface area contributed by atoms with Crippen LogP contribution in [0.5, 0.6) is 0 Å². The molecule has 1 rings (SSSR count). The Kier molecular flexibility index (Phi) is 4.77. The summed E-state index contributed by atoms with van der Waals surface area (Å²) in [6, 6.07) is 1.85. The van der Waals surface area contributed by atoms with Crippen molar-refractivity contribution in [3.63, 3.8) is 0 Å². The molecule has 0 spiro atoms. The molecular weight excluding hydrogens is 352 g/mol. The SMILES string of the molecule is CC(C)(C)[C@@H](CC(=O)O)Cn1nc(Br)cc1Br. The van der Waals surface area contributed by atoms with Crippen molar-refractivity contribution in [2.75, 3.05) is 0 Å². The first kappa shape index (κ1) is 14.7. The highest BCUT2D eigenvalue weighted by atomic mass is 79.9. The number of hydrogen-bond donors (Lipinski definition) is 1. The summed E-state index contributed by atoms with van der Waals surface area (Å²) in [6.45, 7) is 6.73. The van der Waals surface area contributed by atoms with Gasteiger partial charge in [-0.1, -0.05) is 20.8 Å². The van der Waals surface area contributed by atoms with Gasteiger partial charge in [-0.3, -0.25) is 9.48 Å². The van der Waals surface area contributed by atoms with Crippen LogP contribution in [0.15, 0.2) is 15.3 Å². The van der Waals surface area contributed by atoms with Gasteiger partial charge in [0.15, 0.2) is 0 Å². The molecular formula is C11H16Br2N2O2. The number of nitrogens with zero attached hydrogens (tertiary/aromatic N) is 2. The highest BCUT2D eigenvalue weighted by Gasteiger charge is 2.28. The van der Waals surface area contributed by atoms with E-state index in [9.17, 15) is 4.79 Å². The van der Waals surface area contributed by atoms with Crippen LogP contribution in [0.4, 0.5) is 0 Å². The maximum absolute atomic E-state index is 10.9. The average molecular weight is 368 g/mol. The molecule has 1 aromatic heterocycles. The first-order valence-corrected chi connectivity index (χ1v) is 6.89. The number of aliphatic carboxylic acids is 1. The Morgan fingerprint density at radius 2 is 2.12 bits per heavy atom. The lowest BCUT2D eigenvalue weighted by Gasteiger charge is -2.29. The van der Waals surface area contributed by atoms with Gasteiger partial charge in [-0.2, -0.15) is 5.10 Å². The summed E-state index contributed by atoms with van der Waals surface area (Å²) >= 11 is 6.70. The molecule has 4 nitrogen and oxygen atoms in total. The normalized spacial score (nSPS) is 13.7. The van der Waals surface area contributed by atoms with Crippen molar-refractivity contribution in [3.05, 3.63) is 15.3 Å². The summed E-state index contributed by atoms with van der Waals surface area (Å²) in [6.07, 6.45) is 0.146. The molecule has 0 aliphatic heterocycles. The van der Waals surface area contributed by atoms with Crippen molar-refractivity contribution in [2.24, 2.45) is 11.3 Å². The van der Waals surface area contributed by atoms with Crippen LogP contribution in [0.3, 0.4) is 0 Å². The van der Waals surface area contributed by atoms with Crippen LogP contribution < -0.4 is 0 Å². The monoisotopic (exact) mass is 366 g/mol. The predicted octanol–water partition coefficient (Wildman–Crippen LogP) is 3.55. The van der Waals surface area contributed by atoms with Crippen LogP contribution in [-0.2, 0) is 11.3 Å². The van der Waals surface area contributed by atoms with Crippen molar-refractivity contribution in [3.8, 4) is 0 Å². The van der Waals surface area contributed by atoms with Gasteiger partial charge in [0.05, 0.1) is 6.42 Å². The lowest BCUT2D eigenvalue weighted by atomic mass is 9.79. The number of halogens is 2. The Hall–Kier alpha value is -0.360. The van der Waals surface area contributed by atoms with E-state index >= 15 is 0 Å². The molecule has 0 aliphatic carbocycles. The molecule has 0 aliphatic rings. The second-order valence-electron chi connectivity index (χ2n) is 5.13. The van der Waals surface area contributed by atoms with Gasteiger partial charge >= 0.3 is 5.97 Å². The fourth-order valence-electron chi connectivity index (χ4n) is 1.56. The highest BCUT2D eigenvalue weighted by molar-refractivity contribution is 9.11. The summed E-state index contributed by atoms with van der Waals surface area (Å²) in [5.74, 6) is -0.740. The zero-order chi connectivity index (χ0) is 13.2. The summed E-state index contributed by atoms with van der Waals surface area (Å²) in [7, 11) is 0. The average Bonchev–Trinajstić information content (AvgIpc) is 2.41. The van der Waals surface area contributed by atoms with E-state index in [0.717, 1.165) is 9.21 Å². The fraction of sp³-hybridized carbons (Fsp3) is 0.636. The molecule has 0 radical (unpaired) electrons. The van der Waals surface area contributed by atoms with E-state index in [4.69, 9.17) is 5.11 Å². The number of rotatable bonds is 4. The molecule has 1 heterocycles. The van der Waals surface area contributed by atoms with Crippen LogP contribution >= 0.6 is 31.9 Å². The topological polar surface area (TPSA) is 55.1 Å². The minimum atomic E-state index is -0.771. The summed E-state index contributed by atoms with van der Waals surface area (Å²) in [5.41, 5.74) is -0.0732. The van der Waals surface area contributed by atoms with Gasteiger partial charge in [-0.25, -0.2) is 0 Å². The summed E-state index contributed by atoms with van der Waals surface area (Å²) < 4.78 is 3.37. The van der Waals surface area contributed by atoms with E-state index in [1.165, 1.54) is 0 Å². The van der Waals surface area contributed by atoms with Gasteiger partial charge in [0, 0.05) is 12.6 Å². The smallest absolute Gasteiger partial charge is 0.303 e. The van der Waals surface area contributed by atoms with E-state index < -0.39 is 5.97 Å². The standard InChI is InChI=1S/C11H16Br2N2O2/c1-11(2,3)7(4-10(16)17)6-15-9(13)5-8(12)14-15/h5,7H,4,6H2,1-3H3,(H,16,17)/t7-/m0/s1. The molecule has 1 N–H and O–H groups in total. The number of hydrogen-bond acceptors (Lipinski definition) is 2. The number of carbonyl (C=O) groups is 1. The van der Waals surface area contributed by atoms with Crippen LogP contribution in [-0.4, -0.2) is 20.9 Å². The van der Waals surface area contributed by atoms with Gasteiger partial charge in [0.2, 0.25) is 0 Å². The zero-order valence-electron chi connectivity index (χ0n) is 10.1. The molecule has 1 atom stereocenters. The van der Waals surface area contributed by atoms with Crippen molar-refractivity contribution in [2.45, 2.75) is 33.7 Å². The van der Waals surface area contributed by atoms with Gasteiger partial charge in [0.1, 0.15) is 9.21 Å². The molecule has 0 amide bonds. The Labute approximate surface area is 118 Å². The lowest BCUT2D eigenvalue weighted by Crippen LogP contribution is -2.28. The van der Waals surface area contributed by atoms with Crippen molar-refractivity contribution in [1.82, 2.24) is 9.78 Å². The van der Waals surface area contributed by atoms with E-state index in [2.05, 4.69) is 37.0 Å². The first-order valence-electron chi connectivity index (χ1n) is 5.31. The molecule has 0 saturated heterocycles. The molecule has 17 heavy (non-hydrogen) atoms. The number of carboxylic acid groups (broad SMARTS) is 1. The number of aromatic nitrogens is 2. The molecule has 0 unspecified atom stereocenters. The van der Waals surface area contributed by atoms with Crippen LogP contribution in [0, 0.1) is 11.3 Å². The lowest BCUT2D eigenvalue weighted by molar-refractivity contribution is -0.139. The Bertz CT molecular complexity index is 410. The summed E-state index contributed by atoms with van der Waals surface area (Å²) in [4.78, 5) is 10.9. The van der Waals surface area contributed by atoms with E-state index in [1.54, 1.807) is 4.68 Å². The second kappa shape index (κ2) is 5.52. The Morgan fingerprint density at radius 3 is 2.47 bits per heavy atom. The van der Waals surface area contributed by atoms with Crippen LogP contribution in [0.25, 0.3) is 0 Å².